The third-order valence-corrected chi connectivity index (χ3v) is 5.32. The summed E-state index contributed by atoms with van der Waals surface area (Å²) in [6.45, 7) is 3.89. The fourth-order valence-corrected chi connectivity index (χ4v) is 3.80. The predicted octanol–water partition coefficient (Wildman–Crippen LogP) is 3.29. The van der Waals surface area contributed by atoms with Crippen LogP contribution >= 0.6 is 11.8 Å². The van der Waals surface area contributed by atoms with E-state index in [9.17, 15) is 4.79 Å². The highest BCUT2D eigenvalue weighted by molar-refractivity contribution is 8.15. The average Bonchev–Trinajstić information content (AvgIpc) is 2.90. The summed E-state index contributed by atoms with van der Waals surface area (Å²) in [6, 6.07) is 11.4. The van der Waals surface area contributed by atoms with Crippen LogP contribution in [-0.2, 0) is 9.54 Å². The summed E-state index contributed by atoms with van der Waals surface area (Å²) in [5.41, 5.74) is 1.90. The fourth-order valence-electron chi connectivity index (χ4n) is 2.66. The van der Waals surface area contributed by atoms with Gasteiger partial charge in [-0.25, -0.2) is 0 Å². The average molecular weight is 341 g/mol. The normalized spacial score (nSPS) is 23.1. The minimum Gasteiger partial charge on any atom is -0.496 e. The zero-order valence-electron chi connectivity index (χ0n) is 13.8. The molecule has 1 unspecified atom stereocenters. The van der Waals surface area contributed by atoms with Crippen LogP contribution in [-0.4, -0.2) is 23.2 Å². The molecule has 3 rings (SSSR count). The van der Waals surface area contributed by atoms with Gasteiger partial charge >= 0.3 is 0 Å². The van der Waals surface area contributed by atoms with Crippen molar-refractivity contribution in [3.05, 3.63) is 59.9 Å². The number of nitrogens with one attached hydrogen (secondary N) is 1. The van der Waals surface area contributed by atoms with Gasteiger partial charge in [-0.1, -0.05) is 30.0 Å². The van der Waals surface area contributed by atoms with Crippen molar-refractivity contribution in [2.24, 2.45) is 4.99 Å². The van der Waals surface area contributed by atoms with E-state index in [4.69, 9.17) is 4.74 Å². The molecule has 5 nitrogen and oxygen atoms in total. The van der Waals surface area contributed by atoms with E-state index in [0.29, 0.717) is 5.17 Å². The summed E-state index contributed by atoms with van der Waals surface area (Å²) in [4.78, 5) is 21.2. The van der Waals surface area contributed by atoms with Crippen molar-refractivity contribution in [3.8, 4) is 5.75 Å². The second-order valence-corrected chi connectivity index (χ2v) is 7.08. The van der Waals surface area contributed by atoms with Crippen LogP contribution in [0.1, 0.15) is 31.0 Å². The second kappa shape index (κ2) is 6.65. The lowest BCUT2D eigenvalue weighted by Crippen LogP contribution is -2.31. The molecule has 2 heterocycles. The highest BCUT2D eigenvalue weighted by atomic mass is 32.2. The summed E-state index contributed by atoms with van der Waals surface area (Å²) in [5, 5.41) is 3.52. The van der Waals surface area contributed by atoms with Crippen molar-refractivity contribution in [2.75, 3.05) is 7.11 Å². The molecular weight excluding hydrogens is 322 g/mol. The zero-order valence-corrected chi connectivity index (χ0v) is 14.6. The van der Waals surface area contributed by atoms with Crippen molar-refractivity contribution in [1.29, 1.82) is 0 Å². The van der Waals surface area contributed by atoms with Crippen LogP contribution in [0.5, 0.6) is 5.75 Å². The molecule has 1 aliphatic heterocycles. The number of ether oxygens (including phenoxy) is 1. The molecule has 1 aromatic carbocycles. The number of pyridine rings is 1. The van der Waals surface area contributed by atoms with Crippen molar-refractivity contribution in [2.45, 2.75) is 24.6 Å². The summed E-state index contributed by atoms with van der Waals surface area (Å²) in [6.07, 6.45) is 3.39. The Hall–Kier alpha value is -2.34. The Labute approximate surface area is 145 Å². The molecule has 1 fully saturated rings. The Balaban J connectivity index is 1.86. The summed E-state index contributed by atoms with van der Waals surface area (Å²) in [7, 11) is 1.64. The number of benzene rings is 1. The first-order chi connectivity index (χ1) is 11.5. The number of thioether (sulfide) groups is 1. The Morgan fingerprint density at radius 2 is 1.96 bits per heavy atom. The van der Waals surface area contributed by atoms with Crippen LogP contribution < -0.4 is 10.1 Å². The van der Waals surface area contributed by atoms with E-state index < -0.39 is 4.75 Å². The number of carbonyl (C=O) groups excluding carboxylic acids is 1. The van der Waals surface area contributed by atoms with Gasteiger partial charge in [-0.2, -0.15) is 0 Å². The first-order valence-corrected chi connectivity index (χ1v) is 8.48. The lowest BCUT2D eigenvalue weighted by Gasteiger charge is -2.18. The second-order valence-electron chi connectivity index (χ2n) is 5.68. The van der Waals surface area contributed by atoms with E-state index in [1.54, 1.807) is 19.5 Å². The number of para-hydroxylation sites is 1. The van der Waals surface area contributed by atoms with Gasteiger partial charge < -0.3 is 10.1 Å². The van der Waals surface area contributed by atoms with Crippen LogP contribution in [0.25, 0.3) is 0 Å². The summed E-state index contributed by atoms with van der Waals surface area (Å²) >= 11 is 1.43. The van der Waals surface area contributed by atoms with Crippen LogP contribution in [0.4, 0.5) is 0 Å². The monoisotopic (exact) mass is 341 g/mol. The fraction of sp³-hybridized carbons (Fsp3) is 0.278. The number of amides is 1. The number of aliphatic imine (C=N–C) groups is 1. The lowest BCUT2D eigenvalue weighted by molar-refractivity contribution is -0.121. The van der Waals surface area contributed by atoms with Gasteiger partial charge in [-0.05, 0) is 37.6 Å². The molecule has 0 radical (unpaired) electrons. The highest BCUT2D eigenvalue weighted by Crippen LogP contribution is 2.41. The van der Waals surface area contributed by atoms with Gasteiger partial charge in [0, 0.05) is 18.0 Å². The first-order valence-electron chi connectivity index (χ1n) is 7.66. The quantitative estimate of drug-likeness (QED) is 0.927. The number of aromatic nitrogens is 1. The molecule has 124 valence electrons. The molecule has 0 aliphatic carbocycles. The largest absolute Gasteiger partial charge is 0.496 e. The maximum absolute atomic E-state index is 12.5. The first kappa shape index (κ1) is 16.5. The smallest absolute Gasteiger partial charge is 0.246 e. The molecule has 0 bridgehead atoms. The van der Waals surface area contributed by atoms with Crippen LogP contribution in [0.15, 0.2) is 53.8 Å². The van der Waals surface area contributed by atoms with E-state index in [1.165, 1.54) is 11.8 Å². The third kappa shape index (κ3) is 3.01. The van der Waals surface area contributed by atoms with Crippen LogP contribution in [0, 0.1) is 0 Å². The molecule has 1 saturated heterocycles. The topological polar surface area (TPSA) is 63.6 Å². The van der Waals surface area contributed by atoms with Crippen molar-refractivity contribution >= 4 is 22.8 Å². The minimum atomic E-state index is -0.692. The highest BCUT2D eigenvalue weighted by Gasteiger charge is 2.44. The van der Waals surface area contributed by atoms with Crippen molar-refractivity contribution in [1.82, 2.24) is 10.3 Å². The number of amidine groups is 1. The molecule has 1 aromatic heterocycles. The molecule has 1 N–H and O–H groups in total. The van der Waals surface area contributed by atoms with Crippen LogP contribution in [0.3, 0.4) is 0 Å². The minimum absolute atomic E-state index is 0.0651. The molecule has 1 amide bonds. The third-order valence-electron chi connectivity index (χ3n) is 4.09. The molecule has 0 spiro atoms. The van der Waals surface area contributed by atoms with E-state index >= 15 is 0 Å². The van der Waals surface area contributed by atoms with Gasteiger partial charge in [0.05, 0.1) is 13.2 Å². The van der Waals surface area contributed by atoms with E-state index in [1.807, 2.05) is 50.2 Å². The van der Waals surface area contributed by atoms with E-state index in [0.717, 1.165) is 16.9 Å². The van der Waals surface area contributed by atoms with Crippen molar-refractivity contribution in [3.63, 3.8) is 0 Å². The molecule has 1 aliphatic rings. The maximum Gasteiger partial charge on any atom is 0.246 e. The van der Waals surface area contributed by atoms with Gasteiger partial charge in [-0.3, -0.25) is 14.8 Å². The molecule has 0 saturated carbocycles. The number of nitrogens with zero attached hydrogens (tertiary/aromatic N) is 2. The molecule has 2 aromatic rings. The Morgan fingerprint density at radius 1 is 1.25 bits per heavy atom. The Morgan fingerprint density at radius 3 is 2.67 bits per heavy atom. The zero-order chi connectivity index (χ0) is 17.2. The maximum atomic E-state index is 12.5. The van der Waals surface area contributed by atoms with Crippen LogP contribution in [0.2, 0.25) is 0 Å². The summed E-state index contributed by atoms with van der Waals surface area (Å²) in [5.74, 6) is 0.727. The van der Waals surface area contributed by atoms with E-state index in [-0.39, 0.29) is 11.9 Å². The van der Waals surface area contributed by atoms with Gasteiger partial charge in [0.1, 0.15) is 10.5 Å². The van der Waals surface area contributed by atoms with Gasteiger partial charge in [0.15, 0.2) is 5.17 Å². The molecular formula is C18H19N3O2S. The number of hydrogen-bond donors (Lipinski definition) is 1. The molecule has 2 atom stereocenters. The molecule has 6 heteroatoms. The standard InChI is InChI=1S/C18H19N3O2S/c1-12(14-6-4-5-7-15(14)23-3)20-17-21-16(22)18(2,24-17)13-8-10-19-11-9-13/h4-12H,1-3H3,(H,20,21,22)/t12-,18?/m0/s1. The van der Waals surface area contributed by atoms with Gasteiger partial charge in [0.25, 0.3) is 0 Å². The number of rotatable bonds is 4. The predicted molar refractivity (Wildman–Crippen MR) is 96.2 cm³/mol. The number of hydrogen-bond acceptors (Lipinski definition) is 5. The summed E-state index contributed by atoms with van der Waals surface area (Å²) < 4.78 is 4.70. The van der Waals surface area contributed by atoms with Crippen molar-refractivity contribution < 1.29 is 9.53 Å². The lowest BCUT2D eigenvalue weighted by atomic mass is 10.0. The van der Waals surface area contributed by atoms with Gasteiger partial charge in [-0.15, -0.1) is 0 Å². The van der Waals surface area contributed by atoms with E-state index in [2.05, 4.69) is 15.3 Å². The Kier molecular flexibility index (Phi) is 4.57. The Bertz CT molecular complexity index is 779. The number of carbonyl (C=O) groups is 1. The number of methoxy groups -OCH3 is 1. The SMILES string of the molecule is COc1ccccc1[C@H](C)N=C1NC(=O)C(C)(c2ccncc2)S1. The van der Waals surface area contributed by atoms with Gasteiger partial charge in [0.2, 0.25) is 5.91 Å². The molecule has 24 heavy (non-hydrogen) atoms.